The Morgan fingerprint density at radius 3 is 1.82 bits per heavy atom. The van der Waals surface area contributed by atoms with Crippen LogP contribution in [0.5, 0.6) is 0 Å². The van der Waals surface area contributed by atoms with E-state index in [1.165, 1.54) is 80.1 Å². The van der Waals surface area contributed by atoms with Crippen LogP contribution in [0, 0.1) is 0 Å². The minimum absolute atomic E-state index is 0.892. The highest BCUT2D eigenvalue weighted by molar-refractivity contribution is 7.25. The zero-order valence-corrected chi connectivity index (χ0v) is 31.4. The molecule has 0 unspecified atom stereocenters. The van der Waals surface area contributed by atoms with Crippen molar-refractivity contribution >= 4 is 108 Å². The Bertz CT molecular complexity index is 3760. The highest BCUT2D eigenvalue weighted by Gasteiger charge is 2.21. The van der Waals surface area contributed by atoms with Gasteiger partial charge in [-0.25, -0.2) is 0 Å². The molecule has 2 nitrogen and oxygen atoms in total. The number of thiophene rings is 1. The second kappa shape index (κ2) is 11.7. The first kappa shape index (κ1) is 31.1. The van der Waals surface area contributed by atoms with Gasteiger partial charge in [-0.1, -0.05) is 133 Å². The van der Waals surface area contributed by atoms with Crippen molar-refractivity contribution in [3.05, 3.63) is 182 Å². The van der Waals surface area contributed by atoms with E-state index in [1.807, 2.05) is 17.4 Å². The van der Waals surface area contributed by atoms with E-state index in [9.17, 15) is 0 Å². The van der Waals surface area contributed by atoms with Crippen molar-refractivity contribution in [2.45, 2.75) is 0 Å². The Kier molecular flexibility index (Phi) is 6.35. The van der Waals surface area contributed by atoms with Gasteiger partial charge in [0.15, 0.2) is 0 Å². The second-order valence-corrected chi connectivity index (χ2v) is 16.2. The summed E-state index contributed by atoms with van der Waals surface area (Å²) in [6.07, 6.45) is 0. The summed E-state index contributed by atoms with van der Waals surface area (Å²) in [4.78, 5) is 0. The third-order valence-corrected chi connectivity index (χ3v) is 13.2. The normalized spacial score (nSPS) is 12.2. The molecule has 0 N–H and O–H groups in total. The van der Waals surface area contributed by atoms with Crippen LogP contribution in [-0.2, 0) is 0 Å². The minimum Gasteiger partial charge on any atom is -0.456 e. The fourth-order valence-corrected chi connectivity index (χ4v) is 10.5. The topological polar surface area (TPSA) is 26.3 Å². The molecule has 57 heavy (non-hydrogen) atoms. The van der Waals surface area contributed by atoms with Gasteiger partial charge >= 0.3 is 0 Å². The molecule has 0 saturated heterocycles. The molecule has 264 valence electrons. The van der Waals surface area contributed by atoms with Crippen LogP contribution in [0.3, 0.4) is 0 Å². The highest BCUT2D eigenvalue weighted by atomic mass is 32.1. The Morgan fingerprint density at radius 1 is 0.333 bits per heavy atom. The fraction of sp³-hybridized carbons (Fsp3) is 0. The largest absolute Gasteiger partial charge is 0.456 e. The zero-order chi connectivity index (χ0) is 37.2. The van der Waals surface area contributed by atoms with Crippen molar-refractivity contribution in [3.8, 4) is 33.6 Å². The summed E-state index contributed by atoms with van der Waals surface area (Å²) in [5.74, 6) is 0.892. The molecule has 0 bridgehead atoms. The molecule has 10 aromatic carbocycles. The molecule has 0 amide bonds. The molecule has 0 aliphatic carbocycles. The van der Waals surface area contributed by atoms with Crippen molar-refractivity contribution in [3.63, 3.8) is 0 Å². The lowest BCUT2D eigenvalue weighted by Gasteiger charge is -2.19. The van der Waals surface area contributed by atoms with E-state index in [0.717, 1.165) is 49.6 Å². The van der Waals surface area contributed by atoms with Crippen molar-refractivity contribution in [1.29, 1.82) is 0 Å². The van der Waals surface area contributed by atoms with Crippen LogP contribution in [0.15, 0.2) is 191 Å². The molecule has 0 atom stereocenters. The number of hydrogen-bond donors (Lipinski definition) is 0. The minimum atomic E-state index is 0.892. The van der Waals surface area contributed by atoms with Gasteiger partial charge in [-0.05, 0) is 108 Å². The van der Waals surface area contributed by atoms with E-state index in [-0.39, 0.29) is 0 Å². The van der Waals surface area contributed by atoms with Crippen molar-refractivity contribution in [1.82, 2.24) is 0 Å². The molecule has 13 rings (SSSR count). The number of fused-ring (bicyclic) bond motifs is 12. The molecule has 0 saturated carbocycles. The summed E-state index contributed by atoms with van der Waals surface area (Å²) >= 11 is 1.83. The molecule has 0 fully saturated rings. The molecule has 0 aliphatic rings. The van der Waals surface area contributed by atoms with Gasteiger partial charge in [0.1, 0.15) is 22.5 Å². The van der Waals surface area contributed by atoms with Crippen LogP contribution >= 0.6 is 11.3 Å². The molecule has 3 heterocycles. The molecular weight excluding hydrogens is 713 g/mol. The lowest BCUT2D eigenvalue weighted by atomic mass is 9.84. The van der Waals surface area contributed by atoms with Gasteiger partial charge in [-0.15, -0.1) is 11.3 Å². The number of benzene rings is 10. The highest BCUT2D eigenvalue weighted by Crippen LogP contribution is 2.48. The SMILES string of the molecule is c1ccc2cc(-c3cc4cc5c(cc4o3)sc3ccc(-c4c6ccccc6c(-c6cccc7ccc8c9ccccc9oc8c67)c6ccccc46)cc35)ccc2c1. The first-order chi connectivity index (χ1) is 28.2. The summed E-state index contributed by atoms with van der Waals surface area (Å²) < 4.78 is 15.7. The third-order valence-electron chi connectivity index (χ3n) is 12.0. The molecule has 3 aromatic heterocycles. The van der Waals surface area contributed by atoms with Crippen molar-refractivity contribution in [2.75, 3.05) is 0 Å². The Hall–Kier alpha value is -7.20. The van der Waals surface area contributed by atoms with E-state index in [2.05, 4.69) is 176 Å². The fourth-order valence-electron chi connectivity index (χ4n) is 9.44. The molecule has 0 spiro atoms. The number of hydrogen-bond acceptors (Lipinski definition) is 3. The number of para-hydroxylation sites is 1. The summed E-state index contributed by atoms with van der Waals surface area (Å²) in [6.45, 7) is 0. The molecule has 13 aromatic rings. The van der Waals surface area contributed by atoms with Gasteiger partial charge in [0.2, 0.25) is 0 Å². The van der Waals surface area contributed by atoms with E-state index < -0.39 is 0 Å². The lowest BCUT2D eigenvalue weighted by Crippen LogP contribution is -1.91. The Morgan fingerprint density at radius 2 is 1.00 bits per heavy atom. The first-order valence-corrected chi connectivity index (χ1v) is 20.2. The molecule has 0 radical (unpaired) electrons. The molecule has 3 heteroatoms. The van der Waals surface area contributed by atoms with E-state index in [1.54, 1.807) is 0 Å². The van der Waals surface area contributed by atoms with Gasteiger partial charge in [0, 0.05) is 47.3 Å². The van der Waals surface area contributed by atoms with Gasteiger partial charge in [0.25, 0.3) is 0 Å². The predicted octanol–water partition coefficient (Wildman–Crippen LogP) is 16.3. The summed E-state index contributed by atoms with van der Waals surface area (Å²) in [7, 11) is 0. The Balaban J connectivity index is 1.03. The van der Waals surface area contributed by atoms with Gasteiger partial charge < -0.3 is 8.83 Å². The maximum Gasteiger partial charge on any atom is 0.143 e. The smallest absolute Gasteiger partial charge is 0.143 e. The zero-order valence-electron chi connectivity index (χ0n) is 30.5. The number of rotatable bonds is 3. The molecular formula is C54H30O2S. The van der Waals surface area contributed by atoms with Crippen LogP contribution in [0.1, 0.15) is 0 Å². The van der Waals surface area contributed by atoms with E-state index >= 15 is 0 Å². The second-order valence-electron chi connectivity index (χ2n) is 15.2. The maximum atomic E-state index is 6.67. The summed E-state index contributed by atoms with van der Waals surface area (Å²) in [5.41, 5.74) is 8.73. The van der Waals surface area contributed by atoms with Gasteiger partial charge in [0.05, 0.1) is 0 Å². The first-order valence-electron chi connectivity index (χ1n) is 19.4. The summed E-state index contributed by atoms with van der Waals surface area (Å²) in [5, 5.41) is 15.6. The third kappa shape index (κ3) is 4.52. The average Bonchev–Trinajstić information content (AvgIpc) is 3.97. The van der Waals surface area contributed by atoms with Crippen molar-refractivity contribution in [2.24, 2.45) is 0 Å². The quantitative estimate of drug-likeness (QED) is 0.169. The van der Waals surface area contributed by atoms with Crippen LogP contribution in [0.4, 0.5) is 0 Å². The molecule has 0 aliphatic heterocycles. The van der Waals surface area contributed by atoms with E-state index in [0.29, 0.717) is 0 Å². The Labute approximate surface area is 330 Å². The van der Waals surface area contributed by atoms with Crippen LogP contribution in [0.2, 0.25) is 0 Å². The lowest BCUT2D eigenvalue weighted by molar-refractivity contribution is 0.632. The van der Waals surface area contributed by atoms with Crippen LogP contribution in [-0.4, -0.2) is 0 Å². The van der Waals surface area contributed by atoms with Gasteiger partial charge in [-0.3, -0.25) is 0 Å². The maximum absolute atomic E-state index is 6.67. The number of furan rings is 2. The predicted molar refractivity (Wildman–Crippen MR) is 243 cm³/mol. The summed E-state index contributed by atoms with van der Waals surface area (Å²) in [6, 6.07) is 66.1. The van der Waals surface area contributed by atoms with Crippen LogP contribution < -0.4 is 0 Å². The van der Waals surface area contributed by atoms with E-state index in [4.69, 9.17) is 8.83 Å². The van der Waals surface area contributed by atoms with Gasteiger partial charge in [-0.2, -0.15) is 0 Å². The van der Waals surface area contributed by atoms with Crippen LogP contribution in [0.25, 0.3) is 130 Å². The standard InChI is InChI=1S/C54H30O2S/c1-2-11-33-26-34(21-20-31(33)10-1)47-29-36-28-45-44-27-35(23-25-49(44)57-50(45)30-48(36)55-47)51-38-14-3-5-16-40(38)53(41-17-6-4-15-39(41)51)43-18-9-12-32-22-24-42-37-13-7-8-19-46(37)56-54(42)52(32)43/h1-30H. The van der Waals surface area contributed by atoms with Crippen molar-refractivity contribution < 1.29 is 8.83 Å². The average molecular weight is 743 g/mol. The monoisotopic (exact) mass is 742 g/mol.